The van der Waals surface area contributed by atoms with Crippen molar-refractivity contribution >= 4 is 21.7 Å². The Morgan fingerprint density at radius 1 is 1.13 bits per heavy atom. The Bertz CT molecular complexity index is 830. The number of halogens is 3. The lowest BCUT2D eigenvalue weighted by atomic mass is 9.94. The van der Waals surface area contributed by atoms with Crippen molar-refractivity contribution in [2.24, 2.45) is 5.92 Å². The molecular weight excluding hydrogens is 421 g/mol. The zero-order valence-corrected chi connectivity index (χ0v) is 17.7. The van der Waals surface area contributed by atoms with Crippen molar-refractivity contribution in [1.29, 1.82) is 0 Å². The van der Waals surface area contributed by atoms with E-state index in [0.29, 0.717) is 57.7 Å². The first-order valence-electron chi connectivity index (χ1n) is 10.2. The maximum Gasteiger partial charge on any atom is 0.417 e. The molecule has 168 valence electrons. The van der Waals surface area contributed by atoms with Gasteiger partial charge in [-0.2, -0.15) is 13.2 Å². The summed E-state index contributed by atoms with van der Waals surface area (Å²) in [7, 11) is -3.19. The number of carbonyl (C=O) groups excluding carboxylic acids is 1. The standard InChI is InChI=1S/C19H27F3N4O3S/c1-2-30(28,29)26-11-7-16(8-12-26)24-18(27)14-5-9-25(10-6-14)17-4-3-15(13-23-17)19(20,21)22/h3-4,13-14,16H,2,5-12H2,1H3,(H,24,27). The second kappa shape index (κ2) is 9.09. The molecule has 0 radical (unpaired) electrons. The van der Waals surface area contributed by atoms with Crippen LogP contribution in [0.1, 0.15) is 38.2 Å². The summed E-state index contributed by atoms with van der Waals surface area (Å²) in [5.74, 6) is 0.363. The van der Waals surface area contributed by atoms with Gasteiger partial charge in [0.05, 0.1) is 11.3 Å². The quantitative estimate of drug-likeness (QED) is 0.747. The van der Waals surface area contributed by atoms with Crippen LogP contribution in [0.2, 0.25) is 0 Å². The Morgan fingerprint density at radius 3 is 2.27 bits per heavy atom. The van der Waals surface area contributed by atoms with Gasteiger partial charge in [-0.25, -0.2) is 17.7 Å². The van der Waals surface area contributed by atoms with Crippen LogP contribution in [-0.4, -0.2) is 61.6 Å². The summed E-state index contributed by atoms with van der Waals surface area (Å²) in [6.45, 7) is 3.54. The van der Waals surface area contributed by atoms with Crippen molar-refractivity contribution in [3.63, 3.8) is 0 Å². The van der Waals surface area contributed by atoms with Crippen molar-refractivity contribution in [2.75, 3.05) is 36.8 Å². The fourth-order valence-corrected chi connectivity index (χ4v) is 5.02. The molecule has 2 fully saturated rings. The molecule has 0 atom stereocenters. The molecule has 0 aliphatic carbocycles. The number of sulfonamides is 1. The largest absolute Gasteiger partial charge is 0.417 e. The smallest absolute Gasteiger partial charge is 0.357 e. The summed E-state index contributed by atoms with van der Waals surface area (Å²) in [4.78, 5) is 18.4. The highest BCUT2D eigenvalue weighted by Gasteiger charge is 2.32. The molecule has 0 aromatic carbocycles. The van der Waals surface area contributed by atoms with Crippen LogP contribution >= 0.6 is 0 Å². The number of carbonyl (C=O) groups is 1. The average molecular weight is 449 g/mol. The molecule has 0 saturated carbocycles. The summed E-state index contributed by atoms with van der Waals surface area (Å²) >= 11 is 0. The number of pyridine rings is 1. The first-order chi connectivity index (χ1) is 14.1. The van der Waals surface area contributed by atoms with Gasteiger partial charge in [0.2, 0.25) is 15.9 Å². The van der Waals surface area contributed by atoms with Gasteiger partial charge in [0.15, 0.2) is 0 Å². The molecule has 0 unspecified atom stereocenters. The number of nitrogens with zero attached hydrogens (tertiary/aromatic N) is 3. The van der Waals surface area contributed by atoms with Crippen molar-refractivity contribution in [2.45, 2.75) is 44.8 Å². The van der Waals surface area contributed by atoms with Gasteiger partial charge in [0, 0.05) is 44.3 Å². The number of hydrogen-bond donors (Lipinski definition) is 1. The van der Waals surface area contributed by atoms with Gasteiger partial charge in [0.1, 0.15) is 5.82 Å². The Balaban J connectivity index is 1.46. The third-order valence-corrected chi connectivity index (χ3v) is 7.70. The van der Waals surface area contributed by atoms with E-state index in [0.717, 1.165) is 12.3 Å². The van der Waals surface area contributed by atoms with Gasteiger partial charge in [-0.15, -0.1) is 0 Å². The van der Waals surface area contributed by atoms with Gasteiger partial charge in [-0.05, 0) is 44.7 Å². The van der Waals surface area contributed by atoms with E-state index in [1.807, 2.05) is 4.90 Å². The topological polar surface area (TPSA) is 82.6 Å². The average Bonchev–Trinajstić information content (AvgIpc) is 2.74. The summed E-state index contributed by atoms with van der Waals surface area (Å²) in [5, 5.41) is 3.04. The normalized spacial score (nSPS) is 20.3. The van der Waals surface area contributed by atoms with Gasteiger partial charge in [-0.1, -0.05) is 0 Å². The maximum absolute atomic E-state index is 12.7. The van der Waals surface area contributed by atoms with Crippen molar-refractivity contribution < 1.29 is 26.4 Å². The van der Waals surface area contributed by atoms with Crippen LogP contribution < -0.4 is 10.2 Å². The second-order valence-corrected chi connectivity index (χ2v) is 10.0. The van der Waals surface area contributed by atoms with Crippen LogP contribution in [0.4, 0.5) is 19.0 Å². The molecular formula is C19H27F3N4O3S. The molecule has 3 rings (SSSR count). The van der Waals surface area contributed by atoms with Crippen molar-refractivity contribution in [3.05, 3.63) is 23.9 Å². The number of hydrogen-bond acceptors (Lipinski definition) is 5. The summed E-state index contributed by atoms with van der Waals surface area (Å²) < 4.78 is 63.3. The number of aromatic nitrogens is 1. The maximum atomic E-state index is 12.7. The lowest BCUT2D eigenvalue weighted by Crippen LogP contribution is -2.49. The van der Waals surface area contributed by atoms with Gasteiger partial charge in [-0.3, -0.25) is 4.79 Å². The molecule has 0 bridgehead atoms. The molecule has 1 amide bonds. The minimum Gasteiger partial charge on any atom is -0.357 e. The van der Waals surface area contributed by atoms with Crippen LogP contribution in [0.15, 0.2) is 18.3 Å². The first kappa shape index (κ1) is 22.8. The molecule has 2 aliphatic rings. The minimum atomic E-state index is -4.41. The minimum absolute atomic E-state index is 0.0320. The lowest BCUT2D eigenvalue weighted by Gasteiger charge is -2.35. The predicted octanol–water partition coefficient (Wildman–Crippen LogP) is 2.25. The fourth-order valence-electron chi connectivity index (χ4n) is 3.89. The molecule has 3 heterocycles. The van der Waals surface area contributed by atoms with E-state index in [9.17, 15) is 26.4 Å². The summed E-state index contributed by atoms with van der Waals surface area (Å²) in [5.41, 5.74) is -0.779. The second-order valence-electron chi connectivity index (χ2n) is 7.75. The molecule has 0 spiro atoms. The Hall–Kier alpha value is -1.88. The van der Waals surface area contributed by atoms with Crippen LogP contribution in [0.5, 0.6) is 0 Å². The first-order valence-corrected chi connectivity index (χ1v) is 11.8. The number of nitrogens with one attached hydrogen (secondary N) is 1. The molecule has 11 heteroatoms. The summed E-state index contributed by atoms with van der Waals surface area (Å²) in [6.07, 6.45) is -1.19. The number of alkyl halides is 3. The monoisotopic (exact) mass is 448 g/mol. The van der Waals surface area contributed by atoms with E-state index >= 15 is 0 Å². The van der Waals surface area contributed by atoms with Gasteiger partial charge in [0.25, 0.3) is 0 Å². The zero-order chi connectivity index (χ0) is 21.9. The highest BCUT2D eigenvalue weighted by molar-refractivity contribution is 7.89. The number of amides is 1. The van der Waals surface area contributed by atoms with E-state index < -0.39 is 21.8 Å². The SMILES string of the molecule is CCS(=O)(=O)N1CCC(NC(=O)C2CCN(c3ccc(C(F)(F)F)cn3)CC2)CC1. The molecule has 1 aromatic rings. The third-order valence-electron chi connectivity index (χ3n) is 5.82. The van der Waals surface area contributed by atoms with Crippen LogP contribution in [-0.2, 0) is 21.0 Å². The molecule has 2 saturated heterocycles. The fraction of sp³-hybridized carbons (Fsp3) is 0.684. The molecule has 1 N–H and O–H groups in total. The van der Waals surface area contributed by atoms with Crippen LogP contribution in [0.25, 0.3) is 0 Å². The summed E-state index contributed by atoms with van der Waals surface area (Å²) in [6, 6.07) is 2.35. The zero-order valence-electron chi connectivity index (χ0n) is 16.9. The Morgan fingerprint density at radius 2 is 1.77 bits per heavy atom. The molecule has 1 aromatic heterocycles. The van der Waals surface area contributed by atoms with E-state index in [4.69, 9.17) is 0 Å². The Labute approximate surface area is 174 Å². The van der Waals surface area contributed by atoms with Gasteiger partial charge >= 0.3 is 6.18 Å². The van der Waals surface area contributed by atoms with E-state index in [1.54, 1.807) is 6.92 Å². The van der Waals surface area contributed by atoms with Crippen LogP contribution in [0, 0.1) is 5.92 Å². The van der Waals surface area contributed by atoms with Crippen molar-refractivity contribution in [1.82, 2.24) is 14.6 Å². The third kappa shape index (κ3) is 5.42. The molecule has 7 nitrogen and oxygen atoms in total. The highest BCUT2D eigenvalue weighted by Crippen LogP contribution is 2.30. The highest BCUT2D eigenvalue weighted by atomic mass is 32.2. The Kier molecular flexibility index (Phi) is 6.91. The lowest BCUT2D eigenvalue weighted by molar-refractivity contribution is -0.137. The number of rotatable bonds is 5. The van der Waals surface area contributed by atoms with E-state index in [2.05, 4.69) is 10.3 Å². The van der Waals surface area contributed by atoms with Gasteiger partial charge < -0.3 is 10.2 Å². The van der Waals surface area contributed by atoms with E-state index in [-0.39, 0.29) is 23.6 Å². The molecule has 30 heavy (non-hydrogen) atoms. The van der Waals surface area contributed by atoms with Crippen LogP contribution in [0.3, 0.4) is 0 Å². The van der Waals surface area contributed by atoms with Crippen molar-refractivity contribution in [3.8, 4) is 0 Å². The molecule has 2 aliphatic heterocycles. The number of anilines is 1. The number of piperidine rings is 2. The predicted molar refractivity (Wildman–Crippen MR) is 106 cm³/mol. The van der Waals surface area contributed by atoms with E-state index in [1.165, 1.54) is 10.4 Å².